The van der Waals surface area contributed by atoms with Crippen LogP contribution in [0.5, 0.6) is 0 Å². The van der Waals surface area contributed by atoms with Crippen molar-refractivity contribution in [1.29, 1.82) is 0 Å². The van der Waals surface area contributed by atoms with Gasteiger partial charge in [0, 0.05) is 37.4 Å². The lowest BCUT2D eigenvalue weighted by molar-refractivity contribution is 0.102. The molecule has 2 fully saturated rings. The molecule has 0 atom stereocenters. The van der Waals surface area contributed by atoms with Crippen LogP contribution in [0.15, 0.2) is 48.5 Å². The van der Waals surface area contributed by atoms with Crippen molar-refractivity contribution in [3.8, 4) is 0 Å². The Kier molecular flexibility index (Phi) is 4.96. The summed E-state index contributed by atoms with van der Waals surface area (Å²) in [5.74, 6) is -0.142. The highest BCUT2D eigenvalue weighted by Gasteiger charge is 2.21. The van der Waals surface area contributed by atoms with Crippen molar-refractivity contribution in [3.05, 3.63) is 54.1 Å². The van der Waals surface area contributed by atoms with Crippen LogP contribution in [0, 0.1) is 0 Å². The van der Waals surface area contributed by atoms with E-state index in [1.807, 2.05) is 30.3 Å². The lowest BCUT2D eigenvalue weighted by Gasteiger charge is -2.30. The van der Waals surface area contributed by atoms with Gasteiger partial charge in [0.15, 0.2) is 0 Å². The number of benzene rings is 2. The molecule has 3 amide bonds. The maximum Gasteiger partial charge on any atom is 0.321 e. The normalized spacial score (nSPS) is 17.0. The molecule has 2 aromatic carbocycles. The van der Waals surface area contributed by atoms with Crippen LogP contribution in [0.1, 0.15) is 29.6 Å². The van der Waals surface area contributed by atoms with Crippen LogP contribution in [-0.2, 0) is 0 Å². The Balaban J connectivity index is 1.48. The Morgan fingerprint density at radius 1 is 0.926 bits per heavy atom. The largest absolute Gasteiger partial charge is 0.370 e. The molecule has 0 aromatic heterocycles. The van der Waals surface area contributed by atoms with Crippen molar-refractivity contribution < 1.29 is 9.59 Å². The van der Waals surface area contributed by atoms with Crippen molar-refractivity contribution in [1.82, 2.24) is 5.32 Å². The predicted octanol–water partition coefficient (Wildman–Crippen LogP) is 3.46. The van der Waals surface area contributed by atoms with Gasteiger partial charge in [-0.3, -0.25) is 9.69 Å². The fourth-order valence-electron chi connectivity index (χ4n) is 3.70. The molecule has 2 aliphatic heterocycles. The second-order valence-electron chi connectivity index (χ2n) is 6.95. The average molecular weight is 364 g/mol. The maximum atomic E-state index is 12.7. The third-order valence-electron chi connectivity index (χ3n) is 5.15. The van der Waals surface area contributed by atoms with Gasteiger partial charge in [-0.15, -0.1) is 0 Å². The molecular weight excluding hydrogens is 340 g/mol. The standard InChI is InChI=1S/C21H24N4O2/c26-20(16-8-10-17(11-9-16)25-15-12-22-21(25)27)23-18-6-2-3-7-19(18)24-13-4-1-5-14-24/h2-3,6-11H,1,4-5,12-15H2,(H,22,27)(H,23,26). The highest BCUT2D eigenvalue weighted by atomic mass is 16.2. The second-order valence-corrected chi connectivity index (χ2v) is 6.95. The number of amides is 3. The monoisotopic (exact) mass is 364 g/mol. The van der Waals surface area contributed by atoms with E-state index >= 15 is 0 Å². The number of piperidine rings is 1. The Morgan fingerprint density at radius 2 is 1.67 bits per heavy atom. The number of carbonyl (C=O) groups excluding carboxylic acids is 2. The Hall–Kier alpha value is -3.02. The quantitative estimate of drug-likeness (QED) is 0.873. The molecule has 2 aliphatic rings. The Morgan fingerprint density at radius 3 is 2.37 bits per heavy atom. The zero-order valence-corrected chi connectivity index (χ0v) is 15.3. The van der Waals surface area contributed by atoms with E-state index in [9.17, 15) is 9.59 Å². The fraction of sp³-hybridized carbons (Fsp3) is 0.333. The highest BCUT2D eigenvalue weighted by molar-refractivity contribution is 6.06. The summed E-state index contributed by atoms with van der Waals surface area (Å²) in [4.78, 5) is 28.5. The summed E-state index contributed by atoms with van der Waals surface area (Å²) in [5, 5.41) is 5.83. The third kappa shape index (κ3) is 3.74. The first kappa shape index (κ1) is 17.4. The van der Waals surface area contributed by atoms with E-state index in [1.165, 1.54) is 19.3 Å². The molecule has 2 aromatic rings. The van der Waals surface area contributed by atoms with Crippen LogP contribution >= 0.6 is 0 Å². The molecule has 2 saturated heterocycles. The van der Waals surface area contributed by atoms with Crippen molar-refractivity contribution >= 4 is 29.0 Å². The van der Waals surface area contributed by atoms with Gasteiger partial charge in [-0.05, 0) is 55.7 Å². The number of para-hydroxylation sites is 2. The van der Waals surface area contributed by atoms with E-state index in [1.54, 1.807) is 17.0 Å². The molecule has 2 N–H and O–H groups in total. The highest BCUT2D eigenvalue weighted by Crippen LogP contribution is 2.28. The van der Waals surface area contributed by atoms with Crippen molar-refractivity contribution in [2.24, 2.45) is 0 Å². The molecule has 4 rings (SSSR count). The maximum absolute atomic E-state index is 12.7. The molecule has 6 nitrogen and oxygen atoms in total. The number of nitrogens with zero attached hydrogens (tertiary/aromatic N) is 2. The van der Waals surface area contributed by atoms with Gasteiger partial charge in [-0.1, -0.05) is 12.1 Å². The Bertz CT molecular complexity index is 828. The number of hydrogen-bond acceptors (Lipinski definition) is 3. The van der Waals surface area contributed by atoms with Crippen LogP contribution in [0.25, 0.3) is 0 Å². The molecule has 0 saturated carbocycles. The summed E-state index contributed by atoms with van der Waals surface area (Å²) in [5.41, 5.74) is 3.30. The number of urea groups is 1. The second kappa shape index (κ2) is 7.70. The summed E-state index contributed by atoms with van der Waals surface area (Å²) in [7, 11) is 0. The summed E-state index contributed by atoms with van der Waals surface area (Å²) >= 11 is 0. The number of hydrogen-bond donors (Lipinski definition) is 2. The van der Waals surface area contributed by atoms with E-state index in [0.717, 1.165) is 30.2 Å². The van der Waals surface area contributed by atoms with Crippen LogP contribution in [0.2, 0.25) is 0 Å². The number of carbonyl (C=O) groups is 2. The summed E-state index contributed by atoms with van der Waals surface area (Å²) in [6, 6.07) is 15.0. The zero-order chi connectivity index (χ0) is 18.6. The lowest BCUT2D eigenvalue weighted by atomic mass is 10.1. The van der Waals surface area contributed by atoms with Gasteiger partial charge in [0.25, 0.3) is 5.91 Å². The minimum absolute atomic E-state index is 0.0948. The van der Waals surface area contributed by atoms with E-state index in [0.29, 0.717) is 18.7 Å². The van der Waals surface area contributed by atoms with Gasteiger partial charge in [0.1, 0.15) is 0 Å². The molecule has 0 spiro atoms. The lowest BCUT2D eigenvalue weighted by Crippen LogP contribution is -2.30. The molecule has 0 bridgehead atoms. The van der Waals surface area contributed by atoms with E-state index in [2.05, 4.69) is 21.6 Å². The molecule has 27 heavy (non-hydrogen) atoms. The van der Waals surface area contributed by atoms with Crippen LogP contribution in [0.3, 0.4) is 0 Å². The predicted molar refractivity (Wildman–Crippen MR) is 108 cm³/mol. The molecule has 2 heterocycles. The smallest absolute Gasteiger partial charge is 0.321 e. The molecule has 6 heteroatoms. The van der Waals surface area contributed by atoms with E-state index < -0.39 is 0 Å². The van der Waals surface area contributed by atoms with Crippen molar-refractivity contribution in [2.45, 2.75) is 19.3 Å². The van der Waals surface area contributed by atoms with Gasteiger partial charge in [0.2, 0.25) is 0 Å². The summed E-state index contributed by atoms with van der Waals surface area (Å²) < 4.78 is 0. The van der Waals surface area contributed by atoms with Gasteiger partial charge in [0.05, 0.1) is 11.4 Å². The first-order valence-corrected chi connectivity index (χ1v) is 9.53. The molecule has 0 aliphatic carbocycles. The van der Waals surface area contributed by atoms with Gasteiger partial charge in [-0.25, -0.2) is 4.79 Å². The fourth-order valence-corrected chi connectivity index (χ4v) is 3.70. The van der Waals surface area contributed by atoms with Crippen molar-refractivity contribution in [2.75, 3.05) is 41.3 Å². The van der Waals surface area contributed by atoms with Gasteiger partial charge in [-0.2, -0.15) is 0 Å². The SMILES string of the molecule is O=C(Nc1ccccc1N1CCCCC1)c1ccc(N2CCNC2=O)cc1. The minimum atomic E-state index is -0.142. The molecular formula is C21H24N4O2. The van der Waals surface area contributed by atoms with Gasteiger partial charge >= 0.3 is 6.03 Å². The van der Waals surface area contributed by atoms with Crippen LogP contribution in [-0.4, -0.2) is 38.1 Å². The number of nitrogens with one attached hydrogen (secondary N) is 2. The number of rotatable bonds is 4. The third-order valence-corrected chi connectivity index (χ3v) is 5.15. The minimum Gasteiger partial charge on any atom is -0.370 e. The Labute approximate surface area is 159 Å². The van der Waals surface area contributed by atoms with E-state index in [-0.39, 0.29) is 11.9 Å². The first-order chi connectivity index (χ1) is 13.2. The number of anilines is 3. The van der Waals surface area contributed by atoms with E-state index in [4.69, 9.17) is 0 Å². The van der Waals surface area contributed by atoms with Gasteiger partial charge < -0.3 is 15.5 Å². The average Bonchev–Trinajstić information content (AvgIpc) is 3.15. The zero-order valence-electron chi connectivity index (χ0n) is 15.3. The molecule has 0 radical (unpaired) electrons. The summed E-state index contributed by atoms with van der Waals surface area (Å²) in [6.07, 6.45) is 3.65. The molecule has 0 unspecified atom stereocenters. The first-order valence-electron chi connectivity index (χ1n) is 9.53. The topological polar surface area (TPSA) is 64.7 Å². The molecule has 140 valence electrons. The van der Waals surface area contributed by atoms with Crippen LogP contribution < -0.4 is 20.4 Å². The summed E-state index contributed by atoms with van der Waals surface area (Å²) in [6.45, 7) is 3.35. The van der Waals surface area contributed by atoms with Crippen molar-refractivity contribution in [3.63, 3.8) is 0 Å². The van der Waals surface area contributed by atoms with Crippen LogP contribution in [0.4, 0.5) is 21.9 Å².